The Morgan fingerprint density at radius 3 is 2.93 bits per heavy atom. The summed E-state index contributed by atoms with van der Waals surface area (Å²) in [5.41, 5.74) is 5.67. The predicted octanol–water partition coefficient (Wildman–Crippen LogP) is 1.98. The number of anilines is 1. The van der Waals surface area contributed by atoms with Crippen molar-refractivity contribution in [2.75, 3.05) is 5.32 Å². The fourth-order valence-corrected chi connectivity index (χ4v) is 3.86. The summed E-state index contributed by atoms with van der Waals surface area (Å²) in [7, 11) is 0. The highest BCUT2D eigenvalue weighted by molar-refractivity contribution is 6.13. The summed E-state index contributed by atoms with van der Waals surface area (Å²) in [6, 6.07) is 6.02. The number of carbonyl (C=O) groups is 1. The number of non-ortho nitro benzene ring substituents is 1. The van der Waals surface area contributed by atoms with Crippen LogP contribution in [0.5, 0.6) is 5.88 Å². The van der Waals surface area contributed by atoms with Gasteiger partial charge in [-0.15, -0.1) is 5.10 Å². The Labute approximate surface area is 159 Å². The Morgan fingerprint density at radius 2 is 2.25 bits per heavy atom. The number of nitrogens with one attached hydrogen (secondary N) is 2. The van der Waals surface area contributed by atoms with Crippen molar-refractivity contribution in [2.24, 2.45) is 5.73 Å². The second kappa shape index (κ2) is 6.09. The van der Waals surface area contributed by atoms with Crippen molar-refractivity contribution in [3.63, 3.8) is 0 Å². The first-order valence-corrected chi connectivity index (χ1v) is 8.71. The number of carbonyl (C=O) groups excluding carboxylic acids is 1. The lowest BCUT2D eigenvalue weighted by molar-refractivity contribution is -0.384. The van der Waals surface area contributed by atoms with E-state index in [4.69, 9.17) is 10.5 Å². The number of nitriles is 1. The average Bonchev–Trinajstić information content (AvgIpc) is 3.19. The zero-order chi connectivity index (χ0) is 20.1. The van der Waals surface area contributed by atoms with Crippen LogP contribution in [0.15, 0.2) is 29.7 Å². The molecule has 0 saturated heterocycles. The van der Waals surface area contributed by atoms with Gasteiger partial charge in [0.25, 0.3) is 5.69 Å². The van der Waals surface area contributed by atoms with Crippen molar-refractivity contribution in [3.05, 3.63) is 56.6 Å². The standard InChI is InChI=1S/C18H16N6O4/c1-2-3-4-13-14-16(23-22-13)28-15(20)11(8-19)18(14)10-7-9(24(26)27)5-6-12(10)21-17(18)25/h5-7H,2-4,20H2,1H3,(H,21,25)(H,22,23)/t18-/m0/s1. The molecule has 4 rings (SSSR count). The number of amides is 1. The van der Waals surface area contributed by atoms with Crippen LogP contribution in [0, 0.1) is 21.4 Å². The Bertz CT molecular complexity index is 1100. The summed E-state index contributed by atoms with van der Waals surface area (Å²) < 4.78 is 5.50. The number of unbranched alkanes of at least 4 members (excludes halogenated alkanes) is 1. The summed E-state index contributed by atoms with van der Waals surface area (Å²) in [4.78, 5) is 24.0. The highest BCUT2D eigenvalue weighted by atomic mass is 16.6. The fourth-order valence-electron chi connectivity index (χ4n) is 3.86. The van der Waals surface area contributed by atoms with Crippen molar-refractivity contribution in [1.29, 1.82) is 5.26 Å². The molecule has 10 nitrogen and oxygen atoms in total. The molecule has 0 saturated carbocycles. The molecule has 2 aliphatic rings. The van der Waals surface area contributed by atoms with E-state index >= 15 is 0 Å². The molecule has 1 aromatic carbocycles. The van der Waals surface area contributed by atoms with Gasteiger partial charge >= 0.3 is 0 Å². The van der Waals surface area contributed by atoms with Gasteiger partial charge in [0.15, 0.2) is 0 Å². The van der Waals surface area contributed by atoms with E-state index in [0.29, 0.717) is 23.4 Å². The van der Waals surface area contributed by atoms with Crippen molar-refractivity contribution in [3.8, 4) is 11.9 Å². The lowest BCUT2D eigenvalue weighted by Gasteiger charge is -2.31. The van der Waals surface area contributed by atoms with Crippen LogP contribution in [0.1, 0.15) is 36.6 Å². The van der Waals surface area contributed by atoms with Gasteiger partial charge in [-0.2, -0.15) is 5.26 Å². The maximum atomic E-state index is 13.3. The molecule has 0 unspecified atom stereocenters. The minimum Gasteiger partial charge on any atom is -0.420 e. The number of nitro benzene ring substituents is 1. The normalized spacial score (nSPS) is 19.6. The second-order valence-corrected chi connectivity index (χ2v) is 6.63. The molecular weight excluding hydrogens is 364 g/mol. The maximum Gasteiger partial charge on any atom is 0.269 e. The zero-order valence-electron chi connectivity index (χ0n) is 14.9. The highest BCUT2D eigenvalue weighted by Gasteiger charge is 2.58. The Hall–Kier alpha value is -3.87. The van der Waals surface area contributed by atoms with Crippen LogP contribution in [-0.2, 0) is 16.6 Å². The molecule has 1 spiro atoms. The predicted molar refractivity (Wildman–Crippen MR) is 97.2 cm³/mol. The van der Waals surface area contributed by atoms with E-state index in [9.17, 15) is 20.2 Å². The molecule has 0 fully saturated rings. The molecule has 3 heterocycles. The van der Waals surface area contributed by atoms with Crippen LogP contribution < -0.4 is 15.8 Å². The number of aromatic amines is 1. The van der Waals surface area contributed by atoms with Crippen LogP contribution in [0.4, 0.5) is 11.4 Å². The van der Waals surface area contributed by atoms with Gasteiger partial charge in [-0.05, 0) is 18.9 Å². The highest BCUT2D eigenvalue weighted by Crippen LogP contribution is 2.54. The van der Waals surface area contributed by atoms with Gasteiger partial charge in [-0.25, -0.2) is 0 Å². The van der Waals surface area contributed by atoms with Gasteiger partial charge in [0.05, 0.1) is 10.5 Å². The van der Waals surface area contributed by atoms with Crippen molar-refractivity contribution >= 4 is 17.3 Å². The number of H-pyrrole nitrogens is 1. The quantitative estimate of drug-likeness (QED) is 0.540. The minimum absolute atomic E-state index is 0.0945. The third kappa shape index (κ3) is 2.13. The summed E-state index contributed by atoms with van der Waals surface area (Å²) in [5, 5.41) is 30.9. The van der Waals surface area contributed by atoms with Gasteiger partial charge in [0.1, 0.15) is 17.1 Å². The number of aromatic nitrogens is 2. The molecular formula is C18H16N6O4. The number of benzene rings is 1. The van der Waals surface area contributed by atoms with E-state index in [1.807, 2.05) is 13.0 Å². The Morgan fingerprint density at radius 1 is 1.46 bits per heavy atom. The lowest BCUT2D eigenvalue weighted by Crippen LogP contribution is -2.42. The van der Waals surface area contributed by atoms with Crippen LogP contribution >= 0.6 is 0 Å². The molecule has 1 atom stereocenters. The number of aryl methyl sites for hydroxylation is 1. The van der Waals surface area contributed by atoms with Gasteiger partial charge in [-0.3, -0.25) is 20.0 Å². The van der Waals surface area contributed by atoms with Crippen molar-refractivity contribution < 1.29 is 14.5 Å². The lowest BCUT2D eigenvalue weighted by atomic mass is 9.68. The smallest absolute Gasteiger partial charge is 0.269 e. The average molecular weight is 380 g/mol. The third-order valence-electron chi connectivity index (χ3n) is 5.11. The van der Waals surface area contributed by atoms with Gasteiger partial charge in [0.2, 0.25) is 17.7 Å². The molecule has 142 valence electrons. The molecule has 0 bridgehead atoms. The molecule has 2 aliphatic heterocycles. The van der Waals surface area contributed by atoms with E-state index in [1.165, 1.54) is 18.2 Å². The van der Waals surface area contributed by atoms with Crippen LogP contribution in [0.25, 0.3) is 0 Å². The summed E-state index contributed by atoms with van der Waals surface area (Å²) in [5.74, 6) is -0.679. The number of nitrogens with two attached hydrogens (primary N) is 1. The number of hydrogen-bond donors (Lipinski definition) is 3. The van der Waals surface area contributed by atoms with E-state index in [2.05, 4.69) is 15.5 Å². The summed E-state index contributed by atoms with van der Waals surface area (Å²) in [6.45, 7) is 2.02. The van der Waals surface area contributed by atoms with Crippen LogP contribution in [0.2, 0.25) is 0 Å². The van der Waals surface area contributed by atoms with E-state index in [0.717, 1.165) is 12.8 Å². The third-order valence-corrected chi connectivity index (χ3v) is 5.11. The Kier molecular flexibility index (Phi) is 3.81. The Balaban J connectivity index is 2.07. The van der Waals surface area contributed by atoms with E-state index in [1.54, 1.807) is 0 Å². The number of hydrogen-bond acceptors (Lipinski definition) is 7. The number of rotatable bonds is 4. The maximum absolute atomic E-state index is 13.3. The first kappa shape index (κ1) is 17.5. The van der Waals surface area contributed by atoms with Gasteiger partial charge in [0, 0.05) is 29.1 Å². The summed E-state index contributed by atoms with van der Waals surface area (Å²) in [6.07, 6.45) is 2.29. The van der Waals surface area contributed by atoms with Crippen LogP contribution in [0.3, 0.4) is 0 Å². The first-order valence-electron chi connectivity index (χ1n) is 8.71. The van der Waals surface area contributed by atoms with Gasteiger partial charge in [-0.1, -0.05) is 13.3 Å². The SMILES string of the molecule is CCCCc1[nH]nc2c1[C@@]1(C(=O)Nc3ccc([N+](=O)[O-])cc31)C(C#N)=C(N)O2. The molecule has 10 heteroatoms. The van der Waals surface area contributed by atoms with Crippen molar-refractivity contribution in [2.45, 2.75) is 31.6 Å². The molecule has 1 aromatic heterocycles. The monoisotopic (exact) mass is 380 g/mol. The van der Waals surface area contributed by atoms with Crippen molar-refractivity contribution in [1.82, 2.24) is 10.2 Å². The zero-order valence-corrected chi connectivity index (χ0v) is 14.9. The number of ether oxygens (including phenoxy) is 1. The largest absolute Gasteiger partial charge is 0.420 e. The summed E-state index contributed by atoms with van der Waals surface area (Å²) >= 11 is 0. The molecule has 1 amide bonds. The molecule has 0 radical (unpaired) electrons. The van der Waals surface area contributed by atoms with E-state index in [-0.39, 0.29) is 28.6 Å². The van der Waals surface area contributed by atoms with Crippen LogP contribution in [-0.4, -0.2) is 21.0 Å². The molecule has 0 aliphatic carbocycles. The molecule has 28 heavy (non-hydrogen) atoms. The fraction of sp³-hybridized carbons (Fsp3) is 0.278. The number of fused-ring (bicyclic) bond motifs is 4. The second-order valence-electron chi connectivity index (χ2n) is 6.63. The first-order chi connectivity index (χ1) is 13.4. The van der Waals surface area contributed by atoms with E-state index < -0.39 is 16.2 Å². The minimum atomic E-state index is -1.65. The number of nitro groups is 1. The molecule has 4 N–H and O–H groups in total. The topological polar surface area (TPSA) is 160 Å². The van der Waals surface area contributed by atoms with Gasteiger partial charge < -0.3 is 15.8 Å². The number of nitrogens with zero attached hydrogens (tertiary/aromatic N) is 3. The molecule has 2 aromatic rings.